The van der Waals surface area contributed by atoms with Crippen LogP contribution in [0.1, 0.15) is 18.1 Å². The van der Waals surface area contributed by atoms with Gasteiger partial charge >= 0.3 is 0 Å². The molecule has 1 aliphatic rings. The van der Waals surface area contributed by atoms with Crippen LogP contribution in [0.2, 0.25) is 0 Å². The third-order valence-electron chi connectivity index (χ3n) is 3.54. The van der Waals surface area contributed by atoms with Gasteiger partial charge < -0.3 is 15.0 Å². The van der Waals surface area contributed by atoms with E-state index < -0.39 is 0 Å². The first-order valence-electron chi connectivity index (χ1n) is 6.12. The summed E-state index contributed by atoms with van der Waals surface area (Å²) in [6.07, 6.45) is 3.73. The number of ether oxygens (including phenoxy) is 1. The van der Waals surface area contributed by atoms with Crippen molar-refractivity contribution in [2.75, 3.05) is 7.11 Å². The first kappa shape index (κ1) is 11.1. The number of amides is 1. The van der Waals surface area contributed by atoms with E-state index in [1.165, 1.54) is 16.5 Å². The van der Waals surface area contributed by atoms with Gasteiger partial charge in [0.15, 0.2) is 0 Å². The number of rotatable bonds is 2. The van der Waals surface area contributed by atoms with Gasteiger partial charge in [-0.15, -0.1) is 0 Å². The van der Waals surface area contributed by atoms with Crippen molar-refractivity contribution in [2.24, 2.45) is 0 Å². The van der Waals surface area contributed by atoms with Crippen molar-refractivity contribution < 1.29 is 9.53 Å². The Morgan fingerprint density at radius 3 is 3.00 bits per heavy atom. The van der Waals surface area contributed by atoms with Gasteiger partial charge in [-0.1, -0.05) is 0 Å². The second-order valence-corrected chi connectivity index (χ2v) is 4.79. The van der Waals surface area contributed by atoms with Crippen LogP contribution in [0, 0.1) is 0 Å². The van der Waals surface area contributed by atoms with Gasteiger partial charge in [-0.3, -0.25) is 4.79 Å². The van der Waals surface area contributed by atoms with E-state index in [-0.39, 0.29) is 11.9 Å². The fourth-order valence-electron chi connectivity index (χ4n) is 2.88. The zero-order chi connectivity index (χ0) is 12.7. The van der Waals surface area contributed by atoms with E-state index in [0.717, 1.165) is 24.1 Å². The summed E-state index contributed by atoms with van der Waals surface area (Å²) in [7, 11) is 1.69. The van der Waals surface area contributed by atoms with Gasteiger partial charge in [-0.2, -0.15) is 0 Å². The lowest BCUT2D eigenvalue weighted by Crippen LogP contribution is -2.38. The summed E-state index contributed by atoms with van der Waals surface area (Å²) in [5.74, 6) is 0.920. The molecule has 4 heteroatoms. The van der Waals surface area contributed by atoms with Crippen molar-refractivity contribution in [3.05, 3.63) is 29.5 Å². The molecule has 0 fully saturated rings. The molecule has 0 saturated carbocycles. The molecule has 2 aromatic rings. The number of aromatic amines is 1. The molecule has 0 bridgehead atoms. The summed E-state index contributed by atoms with van der Waals surface area (Å²) in [6.45, 7) is 1.56. The molecule has 1 aromatic carbocycles. The maximum atomic E-state index is 11.2. The van der Waals surface area contributed by atoms with E-state index >= 15 is 0 Å². The van der Waals surface area contributed by atoms with Crippen molar-refractivity contribution in [1.82, 2.24) is 10.3 Å². The summed E-state index contributed by atoms with van der Waals surface area (Å²) in [4.78, 5) is 14.5. The molecule has 1 atom stereocenters. The number of methoxy groups -OCH3 is 1. The lowest BCUT2D eigenvalue weighted by molar-refractivity contribution is -0.119. The average molecular weight is 244 g/mol. The van der Waals surface area contributed by atoms with Gasteiger partial charge in [0.1, 0.15) is 5.75 Å². The smallest absolute Gasteiger partial charge is 0.217 e. The zero-order valence-corrected chi connectivity index (χ0v) is 10.5. The first-order valence-corrected chi connectivity index (χ1v) is 6.12. The summed E-state index contributed by atoms with van der Waals surface area (Å²) in [5.41, 5.74) is 3.59. The highest BCUT2D eigenvalue weighted by atomic mass is 16.5. The molecule has 94 valence electrons. The van der Waals surface area contributed by atoms with Crippen LogP contribution in [0.3, 0.4) is 0 Å². The highest BCUT2D eigenvalue weighted by Crippen LogP contribution is 2.35. The molecule has 18 heavy (non-hydrogen) atoms. The predicted octanol–water partition coefficient (Wildman–Crippen LogP) is 1.78. The van der Waals surface area contributed by atoms with Gasteiger partial charge in [0.05, 0.1) is 7.11 Å². The molecule has 4 nitrogen and oxygen atoms in total. The number of H-pyrrole nitrogens is 1. The molecule has 0 aliphatic heterocycles. The lowest BCUT2D eigenvalue weighted by atomic mass is 9.88. The molecule has 2 N–H and O–H groups in total. The van der Waals surface area contributed by atoms with Crippen molar-refractivity contribution in [1.29, 1.82) is 0 Å². The van der Waals surface area contributed by atoms with E-state index in [1.54, 1.807) is 14.0 Å². The Morgan fingerprint density at radius 1 is 1.44 bits per heavy atom. The maximum Gasteiger partial charge on any atom is 0.217 e. The Balaban J connectivity index is 2.09. The van der Waals surface area contributed by atoms with Crippen molar-refractivity contribution in [3.8, 4) is 5.75 Å². The minimum atomic E-state index is 0.0186. The third-order valence-corrected chi connectivity index (χ3v) is 3.54. The van der Waals surface area contributed by atoms with Crippen LogP contribution in [0.4, 0.5) is 0 Å². The maximum absolute atomic E-state index is 11.2. The van der Waals surface area contributed by atoms with Crippen LogP contribution in [-0.2, 0) is 17.6 Å². The monoisotopic (exact) mass is 244 g/mol. The van der Waals surface area contributed by atoms with Crippen molar-refractivity contribution >= 4 is 16.8 Å². The number of benzene rings is 1. The quantitative estimate of drug-likeness (QED) is 0.846. The summed E-state index contributed by atoms with van der Waals surface area (Å²) in [6, 6.07) is 4.18. The van der Waals surface area contributed by atoms with Gasteiger partial charge in [0.25, 0.3) is 0 Å². The standard InChI is InChI=1S/C14H16N2O2/c1-8(17)16-10-5-9-7-15-12-3-4-13(18-2)11(6-10)14(9)12/h3-4,7,10,15H,5-6H2,1-2H3,(H,16,17)/t10-/m0/s1. The topological polar surface area (TPSA) is 54.1 Å². The first-order chi connectivity index (χ1) is 8.69. The second kappa shape index (κ2) is 4.05. The van der Waals surface area contributed by atoms with Gasteiger partial charge in [-0.25, -0.2) is 0 Å². The molecular weight excluding hydrogens is 228 g/mol. The number of hydrogen-bond donors (Lipinski definition) is 2. The van der Waals surface area contributed by atoms with Gasteiger partial charge in [-0.05, 0) is 30.5 Å². The van der Waals surface area contributed by atoms with Crippen LogP contribution in [0.5, 0.6) is 5.75 Å². The fraction of sp³-hybridized carbons (Fsp3) is 0.357. The number of carbonyl (C=O) groups is 1. The Morgan fingerprint density at radius 2 is 2.28 bits per heavy atom. The predicted molar refractivity (Wildman–Crippen MR) is 69.9 cm³/mol. The Kier molecular flexibility index (Phi) is 2.51. The molecule has 0 spiro atoms. The number of hydrogen-bond acceptors (Lipinski definition) is 2. The number of nitrogens with one attached hydrogen (secondary N) is 2. The van der Waals surface area contributed by atoms with E-state index in [9.17, 15) is 4.79 Å². The number of carbonyl (C=O) groups excluding carboxylic acids is 1. The summed E-state index contributed by atoms with van der Waals surface area (Å²) in [5, 5.41) is 4.26. The molecule has 3 rings (SSSR count). The molecule has 0 saturated heterocycles. The van der Waals surface area contributed by atoms with Crippen LogP contribution in [-0.4, -0.2) is 24.0 Å². The Bertz CT molecular complexity index is 616. The van der Waals surface area contributed by atoms with Gasteiger partial charge in [0, 0.05) is 35.6 Å². The molecular formula is C14H16N2O2. The fourth-order valence-corrected chi connectivity index (χ4v) is 2.88. The minimum Gasteiger partial charge on any atom is -0.496 e. The van der Waals surface area contributed by atoms with Crippen LogP contribution in [0.25, 0.3) is 10.9 Å². The molecule has 0 radical (unpaired) electrons. The third kappa shape index (κ3) is 1.65. The lowest BCUT2D eigenvalue weighted by Gasteiger charge is -2.24. The van der Waals surface area contributed by atoms with E-state index in [2.05, 4.69) is 10.3 Å². The largest absolute Gasteiger partial charge is 0.496 e. The van der Waals surface area contributed by atoms with Crippen LogP contribution >= 0.6 is 0 Å². The molecule has 1 amide bonds. The number of aromatic nitrogens is 1. The summed E-state index contributed by atoms with van der Waals surface area (Å²) >= 11 is 0. The molecule has 0 unspecified atom stereocenters. The Labute approximate surface area is 105 Å². The summed E-state index contributed by atoms with van der Waals surface area (Å²) < 4.78 is 5.43. The Hall–Kier alpha value is -1.97. The van der Waals surface area contributed by atoms with Crippen LogP contribution < -0.4 is 10.1 Å². The van der Waals surface area contributed by atoms with E-state index in [1.807, 2.05) is 18.3 Å². The average Bonchev–Trinajstić information content (AvgIpc) is 2.73. The highest BCUT2D eigenvalue weighted by Gasteiger charge is 2.24. The normalized spacial score (nSPS) is 17.8. The highest BCUT2D eigenvalue weighted by molar-refractivity contribution is 5.90. The van der Waals surface area contributed by atoms with E-state index in [4.69, 9.17) is 4.74 Å². The van der Waals surface area contributed by atoms with E-state index in [0.29, 0.717) is 0 Å². The van der Waals surface area contributed by atoms with Gasteiger partial charge in [0.2, 0.25) is 5.91 Å². The van der Waals surface area contributed by atoms with Crippen molar-refractivity contribution in [3.63, 3.8) is 0 Å². The zero-order valence-electron chi connectivity index (χ0n) is 10.5. The van der Waals surface area contributed by atoms with Crippen LogP contribution in [0.15, 0.2) is 18.3 Å². The minimum absolute atomic E-state index is 0.0186. The van der Waals surface area contributed by atoms with Crippen molar-refractivity contribution in [2.45, 2.75) is 25.8 Å². The molecule has 1 aromatic heterocycles. The SMILES string of the molecule is COc1ccc2[nH]cc3c2c1C[C@@H](NC(C)=O)C3. The second-order valence-electron chi connectivity index (χ2n) is 4.79. The molecule has 1 aliphatic carbocycles. The molecule has 1 heterocycles.